The molecule has 5 nitrogen and oxygen atoms in total. The third kappa shape index (κ3) is 3.43. The van der Waals surface area contributed by atoms with Gasteiger partial charge in [0.25, 0.3) is 0 Å². The van der Waals surface area contributed by atoms with Gasteiger partial charge in [-0.25, -0.2) is 13.4 Å². The zero-order valence-electron chi connectivity index (χ0n) is 13.9. The molecule has 2 heterocycles. The molecule has 0 saturated carbocycles. The molecule has 2 aromatic rings. The maximum absolute atomic E-state index is 12.1. The Hall–Kier alpha value is -1.40. The van der Waals surface area contributed by atoms with Crippen molar-refractivity contribution >= 4 is 20.9 Å². The van der Waals surface area contributed by atoms with Gasteiger partial charge >= 0.3 is 0 Å². The third-order valence-electron chi connectivity index (χ3n) is 4.70. The Morgan fingerprint density at radius 2 is 2.04 bits per heavy atom. The smallest absolute Gasteiger partial charge is 0.154 e. The van der Waals surface area contributed by atoms with Crippen LogP contribution in [-0.2, 0) is 22.9 Å². The number of fused-ring (bicyclic) bond motifs is 1. The molecule has 0 unspecified atom stereocenters. The molecule has 1 aliphatic rings. The number of sulfone groups is 1. The van der Waals surface area contributed by atoms with Crippen molar-refractivity contribution in [3.05, 3.63) is 30.1 Å². The average molecular weight is 335 g/mol. The molecule has 0 spiro atoms. The Morgan fingerprint density at radius 3 is 2.83 bits per heavy atom. The van der Waals surface area contributed by atoms with Gasteiger partial charge in [-0.3, -0.25) is 4.90 Å². The maximum Gasteiger partial charge on any atom is 0.154 e. The van der Waals surface area contributed by atoms with E-state index in [0.29, 0.717) is 13.0 Å². The molecule has 1 saturated heterocycles. The second kappa shape index (κ2) is 6.61. The van der Waals surface area contributed by atoms with E-state index in [1.165, 1.54) is 5.52 Å². The SMILES string of the molecule is CCCn1c(CN2CC[C@@H](C)S(=O)(=O)CC2)nc2ccccc21. The van der Waals surface area contributed by atoms with Crippen LogP contribution >= 0.6 is 0 Å². The van der Waals surface area contributed by atoms with Crippen LogP contribution in [0.25, 0.3) is 11.0 Å². The first-order chi connectivity index (χ1) is 11.0. The highest BCUT2D eigenvalue weighted by atomic mass is 32.2. The molecule has 23 heavy (non-hydrogen) atoms. The molecule has 0 amide bonds. The Kier molecular flexibility index (Phi) is 4.73. The molecule has 1 fully saturated rings. The van der Waals surface area contributed by atoms with Crippen LogP contribution < -0.4 is 0 Å². The Morgan fingerprint density at radius 1 is 1.26 bits per heavy atom. The van der Waals surface area contributed by atoms with Crippen LogP contribution in [0.1, 0.15) is 32.5 Å². The standard InChI is InChI=1S/C17H25N3O2S/c1-3-9-20-16-7-5-4-6-15(16)18-17(20)13-19-10-8-14(2)23(21,22)12-11-19/h4-7,14H,3,8-13H2,1-2H3/t14-/m1/s1. The molecule has 1 aromatic heterocycles. The fourth-order valence-corrected chi connectivity index (χ4v) is 4.57. The van der Waals surface area contributed by atoms with Crippen molar-refractivity contribution in [1.82, 2.24) is 14.5 Å². The molecule has 0 aliphatic carbocycles. The van der Waals surface area contributed by atoms with E-state index in [0.717, 1.165) is 37.4 Å². The molecule has 0 N–H and O–H groups in total. The van der Waals surface area contributed by atoms with Gasteiger partial charge in [-0.2, -0.15) is 0 Å². The monoisotopic (exact) mass is 335 g/mol. The summed E-state index contributed by atoms with van der Waals surface area (Å²) in [4.78, 5) is 7.01. The van der Waals surface area contributed by atoms with Crippen LogP contribution in [0.4, 0.5) is 0 Å². The predicted octanol–water partition coefficient (Wildman–Crippen LogP) is 2.46. The minimum Gasteiger partial charge on any atom is -0.327 e. The van der Waals surface area contributed by atoms with Gasteiger partial charge < -0.3 is 4.57 Å². The topological polar surface area (TPSA) is 55.2 Å². The van der Waals surface area contributed by atoms with Crippen molar-refractivity contribution < 1.29 is 8.42 Å². The first-order valence-electron chi connectivity index (χ1n) is 8.39. The van der Waals surface area contributed by atoms with Crippen molar-refractivity contribution in [3.8, 4) is 0 Å². The Labute approximate surface area is 138 Å². The average Bonchev–Trinajstić information content (AvgIpc) is 2.81. The van der Waals surface area contributed by atoms with E-state index in [2.05, 4.69) is 22.5 Å². The van der Waals surface area contributed by atoms with Crippen molar-refractivity contribution in [2.24, 2.45) is 0 Å². The van der Waals surface area contributed by atoms with Crippen LogP contribution in [0.5, 0.6) is 0 Å². The van der Waals surface area contributed by atoms with E-state index in [1.807, 2.05) is 25.1 Å². The minimum atomic E-state index is -2.94. The van der Waals surface area contributed by atoms with Gasteiger partial charge in [0.05, 0.1) is 28.6 Å². The highest BCUT2D eigenvalue weighted by Gasteiger charge is 2.27. The molecule has 0 radical (unpaired) electrons. The van der Waals surface area contributed by atoms with Crippen LogP contribution in [0.3, 0.4) is 0 Å². The number of rotatable bonds is 4. The van der Waals surface area contributed by atoms with E-state index in [1.54, 1.807) is 0 Å². The van der Waals surface area contributed by atoms with Crippen LogP contribution in [0, 0.1) is 0 Å². The molecular formula is C17H25N3O2S. The zero-order valence-corrected chi connectivity index (χ0v) is 14.7. The van der Waals surface area contributed by atoms with E-state index in [4.69, 9.17) is 4.98 Å². The molecular weight excluding hydrogens is 310 g/mol. The van der Waals surface area contributed by atoms with Crippen LogP contribution in [0.15, 0.2) is 24.3 Å². The summed E-state index contributed by atoms with van der Waals surface area (Å²) in [7, 11) is -2.94. The maximum atomic E-state index is 12.1. The van der Waals surface area contributed by atoms with Gasteiger partial charge in [-0.15, -0.1) is 0 Å². The lowest BCUT2D eigenvalue weighted by Gasteiger charge is -2.19. The summed E-state index contributed by atoms with van der Waals surface area (Å²) in [6.07, 6.45) is 1.76. The molecule has 1 aromatic carbocycles. The lowest BCUT2D eigenvalue weighted by molar-refractivity contribution is 0.272. The number of aromatic nitrogens is 2. The number of imidazole rings is 1. The summed E-state index contributed by atoms with van der Waals surface area (Å²) < 4.78 is 26.4. The predicted molar refractivity (Wildman–Crippen MR) is 93.2 cm³/mol. The lowest BCUT2D eigenvalue weighted by Crippen LogP contribution is -2.28. The Bertz CT molecular complexity index is 782. The first kappa shape index (κ1) is 16.5. The number of hydrogen-bond donors (Lipinski definition) is 0. The summed E-state index contributed by atoms with van der Waals surface area (Å²) in [5.41, 5.74) is 2.19. The second-order valence-electron chi connectivity index (χ2n) is 6.41. The number of nitrogens with zero attached hydrogens (tertiary/aromatic N) is 3. The highest BCUT2D eigenvalue weighted by Crippen LogP contribution is 2.20. The van der Waals surface area contributed by atoms with Gasteiger partial charge in [0.15, 0.2) is 9.84 Å². The molecule has 1 atom stereocenters. The fourth-order valence-electron chi connectivity index (χ4n) is 3.19. The fraction of sp³-hybridized carbons (Fsp3) is 0.588. The van der Waals surface area contributed by atoms with Crippen LogP contribution in [0.2, 0.25) is 0 Å². The quantitative estimate of drug-likeness (QED) is 0.861. The second-order valence-corrected chi connectivity index (χ2v) is 8.95. The van der Waals surface area contributed by atoms with Gasteiger partial charge in [-0.1, -0.05) is 19.1 Å². The summed E-state index contributed by atoms with van der Waals surface area (Å²) in [5.74, 6) is 1.29. The molecule has 6 heteroatoms. The van der Waals surface area contributed by atoms with E-state index in [9.17, 15) is 8.42 Å². The van der Waals surface area contributed by atoms with Gasteiger partial charge in [0.1, 0.15) is 5.82 Å². The van der Waals surface area contributed by atoms with E-state index in [-0.39, 0.29) is 11.0 Å². The van der Waals surface area contributed by atoms with Gasteiger partial charge in [-0.05, 0) is 38.4 Å². The lowest BCUT2D eigenvalue weighted by atomic mass is 10.3. The summed E-state index contributed by atoms with van der Waals surface area (Å²) in [5, 5.41) is -0.234. The Balaban J connectivity index is 1.85. The van der Waals surface area contributed by atoms with Gasteiger partial charge in [0, 0.05) is 13.1 Å². The molecule has 1 aliphatic heterocycles. The third-order valence-corrected chi connectivity index (χ3v) is 6.92. The van der Waals surface area contributed by atoms with Crippen molar-refractivity contribution in [2.45, 2.75) is 45.0 Å². The first-order valence-corrected chi connectivity index (χ1v) is 10.1. The van der Waals surface area contributed by atoms with Crippen molar-refractivity contribution in [1.29, 1.82) is 0 Å². The highest BCUT2D eigenvalue weighted by molar-refractivity contribution is 7.92. The molecule has 0 bridgehead atoms. The summed E-state index contributed by atoms with van der Waals surface area (Å²) in [6, 6.07) is 8.20. The zero-order chi connectivity index (χ0) is 16.4. The van der Waals surface area contributed by atoms with E-state index >= 15 is 0 Å². The largest absolute Gasteiger partial charge is 0.327 e. The minimum absolute atomic E-state index is 0.234. The molecule has 3 rings (SSSR count). The van der Waals surface area contributed by atoms with Gasteiger partial charge in [0.2, 0.25) is 0 Å². The number of para-hydroxylation sites is 2. The van der Waals surface area contributed by atoms with Crippen molar-refractivity contribution in [2.75, 3.05) is 18.8 Å². The molecule has 126 valence electrons. The summed E-state index contributed by atoms with van der Waals surface area (Å²) >= 11 is 0. The van der Waals surface area contributed by atoms with E-state index < -0.39 is 9.84 Å². The number of hydrogen-bond acceptors (Lipinski definition) is 4. The van der Waals surface area contributed by atoms with Crippen molar-refractivity contribution in [3.63, 3.8) is 0 Å². The number of benzene rings is 1. The number of aryl methyl sites for hydroxylation is 1. The summed E-state index contributed by atoms with van der Waals surface area (Å²) in [6.45, 7) is 7.07. The van der Waals surface area contributed by atoms with Crippen LogP contribution in [-0.4, -0.2) is 47.0 Å². The normalized spacial score (nSPS) is 22.3.